The van der Waals surface area contributed by atoms with Gasteiger partial charge in [-0.25, -0.2) is 9.97 Å². The molecule has 0 fully saturated rings. The second-order valence-corrected chi connectivity index (χ2v) is 7.30. The number of anilines is 1. The summed E-state index contributed by atoms with van der Waals surface area (Å²) in [6.45, 7) is 3.70. The minimum Gasteiger partial charge on any atom is -0.347 e. The summed E-state index contributed by atoms with van der Waals surface area (Å²) in [6, 6.07) is 3.96. The van der Waals surface area contributed by atoms with E-state index in [1.165, 1.54) is 0 Å². The van der Waals surface area contributed by atoms with Crippen molar-refractivity contribution >= 4 is 11.7 Å². The van der Waals surface area contributed by atoms with Gasteiger partial charge in [0.25, 0.3) is 0 Å². The van der Waals surface area contributed by atoms with E-state index in [1.807, 2.05) is 37.3 Å². The zero-order chi connectivity index (χ0) is 20.8. The van der Waals surface area contributed by atoms with Crippen LogP contribution < -0.4 is 4.90 Å². The van der Waals surface area contributed by atoms with Crippen LogP contribution in [0.1, 0.15) is 44.0 Å². The Labute approximate surface area is 170 Å². The molecule has 9 nitrogen and oxygen atoms in total. The summed E-state index contributed by atoms with van der Waals surface area (Å²) in [5.41, 5.74) is 2.66. The Kier molecular flexibility index (Phi) is 6.58. The molecule has 0 bridgehead atoms. The van der Waals surface area contributed by atoms with Crippen LogP contribution in [0.5, 0.6) is 0 Å². The molecule has 0 saturated carbocycles. The van der Waals surface area contributed by atoms with Crippen molar-refractivity contribution in [2.75, 3.05) is 19.0 Å². The maximum absolute atomic E-state index is 12.3. The first kappa shape index (κ1) is 20.5. The molecule has 3 aromatic heterocycles. The van der Waals surface area contributed by atoms with Crippen molar-refractivity contribution in [3.05, 3.63) is 42.1 Å². The van der Waals surface area contributed by atoms with Gasteiger partial charge in [0.1, 0.15) is 5.78 Å². The maximum Gasteiger partial charge on any atom is 0.224 e. The lowest BCUT2D eigenvalue weighted by Crippen LogP contribution is -2.23. The molecule has 3 heterocycles. The number of aromatic nitrogens is 7. The van der Waals surface area contributed by atoms with Crippen LogP contribution in [-0.4, -0.2) is 55.5 Å². The molecular weight excluding hydrogens is 368 g/mol. The van der Waals surface area contributed by atoms with E-state index in [2.05, 4.69) is 42.5 Å². The number of aromatic amines is 1. The van der Waals surface area contributed by atoms with Crippen molar-refractivity contribution in [2.24, 2.45) is 5.92 Å². The Morgan fingerprint density at radius 1 is 1.14 bits per heavy atom. The molecular formula is C20H26N8O. The molecule has 0 amide bonds. The summed E-state index contributed by atoms with van der Waals surface area (Å²) in [5, 5.41) is 14.5. The van der Waals surface area contributed by atoms with Gasteiger partial charge in [0.05, 0.1) is 5.69 Å². The van der Waals surface area contributed by atoms with Gasteiger partial charge in [-0.05, 0) is 31.4 Å². The van der Waals surface area contributed by atoms with Crippen molar-refractivity contribution in [2.45, 2.75) is 39.0 Å². The number of H-pyrrole nitrogens is 1. The molecule has 0 saturated heterocycles. The van der Waals surface area contributed by atoms with Crippen LogP contribution >= 0.6 is 0 Å². The molecule has 9 heteroatoms. The molecule has 29 heavy (non-hydrogen) atoms. The van der Waals surface area contributed by atoms with Gasteiger partial charge >= 0.3 is 0 Å². The lowest BCUT2D eigenvalue weighted by molar-refractivity contribution is -0.121. The Morgan fingerprint density at radius 2 is 1.90 bits per heavy atom. The number of rotatable bonds is 9. The molecule has 0 radical (unpaired) electrons. The first-order valence-corrected chi connectivity index (χ1v) is 9.68. The average molecular weight is 394 g/mol. The van der Waals surface area contributed by atoms with Crippen LogP contribution in [0.3, 0.4) is 0 Å². The molecule has 0 unspecified atom stereocenters. The maximum atomic E-state index is 12.3. The van der Waals surface area contributed by atoms with Crippen LogP contribution in [-0.2, 0) is 11.2 Å². The number of pyridine rings is 1. The van der Waals surface area contributed by atoms with Crippen LogP contribution in [0, 0.1) is 5.92 Å². The Bertz CT molecular complexity index is 907. The van der Waals surface area contributed by atoms with E-state index in [-0.39, 0.29) is 17.6 Å². The van der Waals surface area contributed by atoms with Gasteiger partial charge in [-0.2, -0.15) is 5.21 Å². The van der Waals surface area contributed by atoms with Crippen LogP contribution in [0.4, 0.5) is 5.95 Å². The normalized spacial score (nSPS) is 13.1. The average Bonchev–Trinajstić information content (AvgIpc) is 3.25. The van der Waals surface area contributed by atoms with Gasteiger partial charge in [-0.1, -0.05) is 24.6 Å². The number of carbonyl (C=O) groups excluding carboxylic acids is 1. The number of hydrogen-bond acceptors (Lipinski definition) is 8. The van der Waals surface area contributed by atoms with E-state index in [9.17, 15) is 4.79 Å². The van der Waals surface area contributed by atoms with Crippen molar-refractivity contribution in [1.29, 1.82) is 0 Å². The zero-order valence-electron chi connectivity index (χ0n) is 17.2. The molecule has 1 N–H and O–H groups in total. The Morgan fingerprint density at radius 3 is 2.41 bits per heavy atom. The molecule has 3 aromatic rings. The Balaban J connectivity index is 1.81. The number of Topliss-reactive ketones (excluding diaryl/α,β-unsaturated/α-hetero) is 1. The largest absolute Gasteiger partial charge is 0.347 e. The lowest BCUT2D eigenvalue weighted by atomic mass is 9.81. The molecule has 0 aliphatic carbocycles. The highest BCUT2D eigenvalue weighted by Gasteiger charge is 2.30. The van der Waals surface area contributed by atoms with Gasteiger partial charge in [0.15, 0.2) is 5.82 Å². The molecule has 0 aliphatic heterocycles. The third-order valence-corrected chi connectivity index (χ3v) is 4.92. The monoisotopic (exact) mass is 394 g/mol. The van der Waals surface area contributed by atoms with Crippen LogP contribution in [0.2, 0.25) is 0 Å². The number of hydrogen-bond donors (Lipinski definition) is 1. The fraction of sp³-hybridized carbons (Fsp3) is 0.450. The fourth-order valence-electron chi connectivity index (χ4n) is 3.39. The van der Waals surface area contributed by atoms with Gasteiger partial charge in [0.2, 0.25) is 5.95 Å². The smallest absolute Gasteiger partial charge is 0.224 e. The number of tetrazole rings is 1. The summed E-state index contributed by atoms with van der Waals surface area (Å²) >= 11 is 0. The summed E-state index contributed by atoms with van der Waals surface area (Å²) in [7, 11) is 3.80. The minimum atomic E-state index is -0.149. The fourth-order valence-corrected chi connectivity index (χ4v) is 3.39. The summed E-state index contributed by atoms with van der Waals surface area (Å²) < 4.78 is 0. The van der Waals surface area contributed by atoms with E-state index in [0.717, 1.165) is 29.7 Å². The van der Waals surface area contributed by atoms with E-state index in [1.54, 1.807) is 19.3 Å². The molecule has 0 aliphatic rings. The zero-order valence-corrected chi connectivity index (χ0v) is 17.2. The highest BCUT2D eigenvalue weighted by Crippen LogP contribution is 2.30. The summed E-state index contributed by atoms with van der Waals surface area (Å²) in [4.78, 5) is 27.3. The van der Waals surface area contributed by atoms with Crippen molar-refractivity contribution in [3.8, 4) is 11.3 Å². The topological polar surface area (TPSA) is 113 Å². The summed E-state index contributed by atoms with van der Waals surface area (Å²) in [6.07, 6.45) is 7.67. The first-order valence-electron chi connectivity index (χ1n) is 9.68. The Hall–Kier alpha value is -3.23. The predicted octanol–water partition coefficient (Wildman–Crippen LogP) is 2.45. The van der Waals surface area contributed by atoms with E-state index < -0.39 is 0 Å². The van der Waals surface area contributed by atoms with E-state index >= 15 is 0 Å². The van der Waals surface area contributed by atoms with Gasteiger partial charge in [-0.3, -0.25) is 9.78 Å². The second kappa shape index (κ2) is 9.31. The van der Waals surface area contributed by atoms with Crippen molar-refractivity contribution in [3.63, 3.8) is 0 Å². The highest BCUT2D eigenvalue weighted by molar-refractivity contribution is 5.79. The van der Waals surface area contributed by atoms with Gasteiger partial charge in [-0.15, -0.1) is 10.2 Å². The predicted molar refractivity (Wildman–Crippen MR) is 109 cm³/mol. The second-order valence-electron chi connectivity index (χ2n) is 7.30. The first-order chi connectivity index (χ1) is 14.0. The third-order valence-electron chi connectivity index (χ3n) is 4.92. The molecule has 152 valence electrons. The highest BCUT2D eigenvalue weighted by atomic mass is 16.1. The van der Waals surface area contributed by atoms with E-state index in [4.69, 9.17) is 0 Å². The number of carbonyl (C=O) groups is 1. The summed E-state index contributed by atoms with van der Waals surface area (Å²) in [5.74, 6) is 1.07. The van der Waals surface area contributed by atoms with Crippen molar-refractivity contribution < 1.29 is 4.79 Å². The van der Waals surface area contributed by atoms with E-state index in [0.29, 0.717) is 18.2 Å². The number of nitrogens with one attached hydrogen (secondary N) is 1. The number of nitrogens with zero attached hydrogens (tertiary/aromatic N) is 7. The molecule has 0 aromatic carbocycles. The molecule has 3 rings (SSSR count). The van der Waals surface area contributed by atoms with Gasteiger partial charge < -0.3 is 4.90 Å². The number of ketones is 1. The quantitative estimate of drug-likeness (QED) is 0.589. The minimum absolute atomic E-state index is 0.137. The third kappa shape index (κ3) is 4.98. The molecule has 2 atom stereocenters. The SMILES string of the molecule is CCC[C@H](C(C)=O)[C@H](Cc1ccc(-c2cnc(N(C)C)nc2)nc1)c1nn[nH]n1. The molecule has 0 spiro atoms. The standard InChI is InChI=1S/C20H26N8O/c1-5-6-16(13(2)29)17(19-24-26-27-25-19)9-14-7-8-18(21-10-14)15-11-22-20(23-12-15)28(3)4/h7-8,10-12,16-17H,5-6,9H2,1-4H3,(H,24,25,26,27)/t16-,17+/m1/s1. The van der Waals surface area contributed by atoms with Crippen LogP contribution in [0.25, 0.3) is 11.3 Å². The van der Waals surface area contributed by atoms with Crippen molar-refractivity contribution in [1.82, 2.24) is 35.6 Å². The van der Waals surface area contributed by atoms with Gasteiger partial charge in [0, 0.05) is 50.1 Å². The van der Waals surface area contributed by atoms with Crippen LogP contribution in [0.15, 0.2) is 30.7 Å². The lowest BCUT2D eigenvalue weighted by Gasteiger charge is -2.22.